The van der Waals surface area contributed by atoms with Crippen LogP contribution < -0.4 is 5.32 Å². The molecule has 102 valence electrons. The Labute approximate surface area is 121 Å². The highest BCUT2D eigenvalue weighted by Crippen LogP contribution is 2.25. The van der Waals surface area contributed by atoms with E-state index in [0.717, 1.165) is 21.3 Å². The minimum Gasteiger partial charge on any atom is -0.313 e. The lowest BCUT2D eigenvalue weighted by Gasteiger charge is -2.17. The van der Waals surface area contributed by atoms with E-state index in [4.69, 9.17) is 0 Å². The zero-order valence-electron chi connectivity index (χ0n) is 11.2. The van der Waals surface area contributed by atoms with E-state index in [9.17, 15) is 4.39 Å². The van der Waals surface area contributed by atoms with E-state index in [1.807, 2.05) is 31.9 Å². The Morgan fingerprint density at radius 3 is 2.79 bits per heavy atom. The van der Waals surface area contributed by atoms with Crippen LogP contribution in [0.1, 0.15) is 22.9 Å². The fraction of sp³-hybridized carbons (Fsp3) is 0.357. The van der Waals surface area contributed by atoms with Gasteiger partial charge in [0, 0.05) is 28.8 Å². The first-order valence-electron chi connectivity index (χ1n) is 6.12. The molecule has 0 fully saturated rings. The van der Waals surface area contributed by atoms with Gasteiger partial charge in [0.1, 0.15) is 5.82 Å². The van der Waals surface area contributed by atoms with Crippen molar-refractivity contribution in [2.24, 2.45) is 7.05 Å². The Bertz CT molecular complexity index is 580. The van der Waals surface area contributed by atoms with Crippen LogP contribution in [0.5, 0.6) is 0 Å². The fourth-order valence-corrected chi connectivity index (χ4v) is 2.55. The van der Waals surface area contributed by atoms with Crippen molar-refractivity contribution in [1.82, 2.24) is 15.1 Å². The van der Waals surface area contributed by atoms with Gasteiger partial charge in [-0.15, -0.1) is 0 Å². The summed E-state index contributed by atoms with van der Waals surface area (Å²) >= 11 is 3.47. The Hall–Kier alpha value is -1.20. The third-order valence-corrected chi connectivity index (χ3v) is 4.20. The first-order chi connectivity index (χ1) is 9.02. The van der Waals surface area contributed by atoms with E-state index in [0.29, 0.717) is 6.42 Å². The number of hydrogen-bond acceptors (Lipinski definition) is 2. The maximum Gasteiger partial charge on any atom is 0.123 e. The molecule has 0 aliphatic rings. The van der Waals surface area contributed by atoms with Gasteiger partial charge in [-0.05, 0) is 44.2 Å². The van der Waals surface area contributed by atoms with Gasteiger partial charge in [-0.25, -0.2) is 4.39 Å². The number of aryl methyl sites for hydroxylation is 1. The van der Waals surface area contributed by atoms with Gasteiger partial charge in [-0.3, -0.25) is 4.68 Å². The molecule has 1 unspecified atom stereocenters. The molecule has 0 aliphatic carbocycles. The highest BCUT2D eigenvalue weighted by molar-refractivity contribution is 9.10. The number of aromatic nitrogens is 2. The van der Waals surface area contributed by atoms with E-state index in [1.165, 1.54) is 6.07 Å². The highest BCUT2D eigenvalue weighted by atomic mass is 79.9. The van der Waals surface area contributed by atoms with E-state index < -0.39 is 0 Å². The molecule has 1 atom stereocenters. The first-order valence-corrected chi connectivity index (χ1v) is 6.92. The number of hydrogen-bond donors (Lipinski definition) is 1. The van der Waals surface area contributed by atoms with E-state index in [2.05, 4.69) is 26.3 Å². The predicted octanol–water partition coefficient (Wildman–Crippen LogP) is 3.13. The molecular formula is C14H17BrFN3. The van der Waals surface area contributed by atoms with Crippen molar-refractivity contribution >= 4 is 15.9 Å². The van der Waals surface area contributed by atoms with Crippen molar-refractivity contribution in [2.45, 2.75) is 19.4 Å². The molecule has 1 aromatic carbocycles. The minimum absolute atomic E-state index is 0.117. The number of nitrogens with one attached hydrogen (secondary N) is 1. The van der Waals surface area contributed by atoms with Crippen molar-refractivity contribution < 1.29 is 4.39 Å². The van der Waals surface area contributed by atoms with Gasteiger partial charge < -0.3 is 5.32 Å². The Kier molecular flexibility index (Phi) is 4.37. The second-order valence-electron chi connectivity index (χ2n) is 4.59. The summed E-state index contributed by atoms with van der Waals surface area (Å²) in [6, 6.07) is 4.89. The van der Waals surface area contributed by atoms with E-state index in [1.54, 1.807) is 12.1 Å². The van der Waals surface area contributed by atoms with Crippen molar-refractivity contribution in [2.75, 3.05) is 7.05 Å². The molecule has 0 bridgehead atoms. The Morgan fingerprint density at radius 2 is 2.21 bits per heavy atom. The molecular weight excluding hydrogens is 309 g/mol. The molecule has 0 saturated carbocycles. The highest BCUT2D eigenvalue weighted by Gasteiger charge is 2.17. The molecule has 0 radical (unpaired) electrons. The summed E-state index contributed by atoms with van der Waals surface area (Å²) in [4.78, 5) is 0. The van der Waals surface area contributed by atoms with Crippen LogP contribution in [-0.2, 0) is 13.5 Å². The van der Waals surface area contributed by atoms with Crippen LogP contribution in [0.15, 0.2) is 28.9 Å². The van der Waals surface area contributed by atoms with Crippen LogP contribution in [0, 0.1) is 12.7 Å². The van der Waals surface area contributed by atoms with Gasteiger partial charge in [0.05, 0.1) is 6.20 Å². The minimum atomic E-state index is -0.212. The summed E-state index contributed by atoms with van der Waals surface area (Å²) < 4.78 is 16.1. The molecule has 3 nitrogen and oxygen atoms in total. The normalized spacial score (nSPS) is 12.7. The van der Waals surface area contributed by atoms with E-state index in [-0.39, 0.29) is 11.9 Å². The molecule has 1 N–H and O–H groups in total. The lowest BCUT2D eigenvalue weighted by Crippen LogP contribution is -2.19. The molecule has 1 aromatic heterocycles. The molecule has 0 amide bonds. The van der Waals surface area contributed by atoms with Crippen LogP contribution in [0.2, 0.25) is 0 Å². The zero-order chi connectivity index (χ0) is 14.0. The van der Waals surface area contributed by atoms with Crippen molar-refractivity contribution in [3.63, 3.8) is 0 Å². The van der Waals surface area contributed by atoms with Crippen LogP contribution in [0.25, 0.3) is 0 Å². The molecule has 5 heteroatoms. The molecule has 2 rings (SSSR count). The molecule has 0 spiro atoms. The summed E-state index contributed by atoms with van der Waals surface area (Å²) in [7, 11) is 3.83. The predicted molar refractivity (Wildman–Crippen MR) is 77.5 cm³/mol. The quantitative estimate of drug-likeness (QED) is 0.935. The molecule has 1 heterocycles. The maximum absolute atomic E-state index is 13.3. The molecule has 0 saturated heterocycles. The number of likely N-dealkylation sites (N-methyl/N-ethyl adjacent to an activating group) is 1. The van der Waals surface area contributed by atoms with Gasteiger partial charge in [0.2, 0.25) is 0 Å². The molecule has 0 aliphatic heterocycles. The maximum atomic E-state index is 13.3. The van der Waals surface area contributed by atoms with Crippen LogP contribution in [-0.4, -0.2) is 16.8 Å². The number of nitrogens with zero attached hydrogens (tertiary/aromatic N) is 2. The van der Waals surface area contributed by atoms with E-state index >= 15 is 0 Å². The van der Waals surface area contributed by atoms with Gasteiger partial charge in [0.25, 0.3) is 0 Å². The SMILES string of the molecule is CNC(Cc1cc(F)ccc1Br)c1cnn(C)c1C. The lowest BCUT2D eigenvalue weighted by atomic mass is 9.99. The fourth-order valence-electron chi connectivity index (χ4n) is 2.14. The zero-order valence-corrected chi connectivity index (χ0v) is 12.8. The lowest BCUT2D eigenvalue weighted by molar-refractivity contribution is 0.578. The molecule has 2 aromatic rings. The van der Waals surface area contributed by atoms with Gasteiger partial charge >= 0.3 is 0 Å². The number of benzene rings is 1. The largest absolute Gasteiger partial charge is 0.313 e. The third-order valence-electron chi connectivity index (χ3n) is 3.43. The average molecular weight is 326 g/mol. The van der Waals surface area contributed by atoms with Gasteiger partial charge in [-0.2, -0.15) is 5.10 Å². The van der Waals surface area contributed by atoms with Crippen molar-refractivity contribution in [3.05, 3.63) is 51.5 Å². The average Bonchev–Trinajstić information content (AvgIpc) is 2.71. The number of halogens is 2. The van der Waals surface area contributed by atoms with Gasteiger partial charge in [-0.1, -0.05) is 15.9 Å². The Balaban J connectivity index is 2.29. The van der Waals surface area contributed by atoms with Crippen LogP contribution >= 0.6 is 15.9 Å². The summed E-state index contributed by atoms with van der Waals surface area (Å²) in [5.74, 6) is -0.212. The number of rotatable bonds is 4. The summed E-state index contributed by atoms with van der Waals surface area (Å²) in [6.07, 6.45) is 2.57. The summed E-state index contributed by atoms with van der Waals surface area (Å²) in [6.45, 7) is 2.04. The smallest absolute Gasteiger partial charge is 0.123 e. The molecule has 19 heavy (non-hydrogen) atoms. The second kappa shape index (κ2) is 5.84. The van der Waals surface area contributed by atoms with Crippen LogP contribution in [0.4, 0.5) is 4.39 Å². The first kappa shape index (κ1) is 14.2. The summed E-state index contributed by atoms with van der Waals surface area (Å²) in [5, 5.41) is 7.53. The topological polar surface area (TPSA) is 29.9 Å². The standard InChI is InChI=1S/C14H17BrFN3/c1-9-12(8-18-19(9)3)14(17-2)7-10-6-11(16)4-5-13(10)15/h4-6,8,14,17H,7H2,1-3H3. The van der Waals surface area contributed by atoms with Gasteiger partial charge in [0.15, 0.2) is 0 Å². The third kappa shape index (κ3) is 3.04. The second-order valence-corrected chi connectivity index (χ2v) is 5.44. The monoisotopic (exact) mass is 325 g/mol. The van der Waals surface area contributed by atoms with Crippen molar-refractivity contribution in [1.29, 1.82) is 0 Å². The van der Waals surface area contributed by atoms with Crippen molar-refractivity contribution in [3.8, 4) is 0 Å². The summed E-state index contributed by atoms with van der Waals surface area (Å²) in [5.41, 5.74) is 3.20. The van der Waals surface area contributed by atoms with Crippen LogP contribution in [0.3, 0.4) is 0 Å². The Morgan fingerprint density at radius 1 is 1.47 bits per heavy atom.